The van der Waals surface area contributed by atoms with Crippen LogP contribution in [0.5, 0.6) is 0 Å². The molecule has 0 bridgehead atoms. The standard InChI is InChI=1S/C18H34O7/c1-3-5-7-9-11-17(23,13-19)15(21)25-16(22)18(24,14-20)12-10-8-6-4-2/h19-20,23-24H,3-14H2,1-2H3. The van der Waals surface area contributed by atoms with Crippen molar-refractivity contribution in [2.45, 2.75) is 89.3 Å². The van der Waals surface area contributed by atoms with Crippen molar-refractivity contribution in [2.75, 3.05) is 13.2 Å². The van der Waals surface area contributed by atoms with Crippen LogP contribution in [0.2, 0.25) is 0 Å². The molecule has 0 saturated carbocycles. The quantitative estimate of drug-likeness (QED) is 0.209. The summed E-state index contributed by atoms with van der Waals surface area (Å²) in [6, 6.07) is 0. The molecule has 0 fully saturated rings. The van der Waals surface area contributed by atoms with Gasteiger partial charge in [0, 0.05) is 0 Å². The van der Waals surface area contributed by atoms with E-state index in [1.807, 2.05) is 13.8 Å². The van der Waals surface area contributed by atoms with Crippen LogP contribution in [0.1, 0.15) is 78.1 Å². The van der Waals surface area contributed by atoms with Gasteiger partial charge in [0.05, 0.1) is 13.2 Å². The van der Waals surface area contributed by atoms with Crippen molar-refractivity contribution in [3.63, 3.8) is 0 Å². The van der Waals surface area contributed by atoms with Gasteiger partial charge in [-0.15, -0.1) is 0 Å². The summed E-state index contributed by atoms with van der Waals surface area (Å²) in [5.41, 5.74) is -4.36. The minimum atomic E-state index is -2.18. The van der Waals surface area contributed by atoms with Gasteiger partial charge >= 0.3 is 11.9 Å². The van der Waals surface area contributed by atoms with Gasteiger partial charge in [-0.1, -0.05) is 52.4 Å². The van der Waals surface area contributed by atoms with E-state index in [1.165, 1.54) is 0 Å². The average Bonchev–Trinajstić information content (AvgIpc) is 2.61. The number of carbonyl (C=O) groups excluding carboxylic acids is 2. The smallest absolute Gasteiger partial charge is 0.348 e. The van der Waals surface area contributed by atoms with Crippen molar-refractivity contribution in [1.29, 1.82) is 0 Å². The Hall–Kier alpha value is -1.02. The molecule has 25 heavy (non-hydrogen) atoms. The summed E-state index contributed by atoms with van der Waals surface area (Å²) in [6.45, 7) is 2.28. The molecule has 148 valence electrons. The number of ether oxygens (including phenoxy) is 1. The van der Waals surface area contributed by atoms with Gasteiger partial charge < -0.3 is 25.2 Å². The molecular formula is C18H34O7. The highest BCUT2D eigenvalue weighted by Gasteiger charge is 2.43. The lowest BCUT2D eigenvalue weighted by molar-refractivity contribution is -0.190. The summed E-state index contributed by atoms with van der Waals surface area (Å²) in [5.74, 6) is -2.59. The van der Waals surface area contributed by atoms with E-state index in [0.717, 1.165) is 38.5 Å². The van der Waals surface area contributed by atoms with Crippen molar-refractivity contribution < 1.29 is 34.8 Å². The predicted octanol–water partition coefficient (Wildman–Crippen LogP) is 1.44. The second-order valence-electron chi connectivity index (χ2n) is 6.68. The maximum absolute atomic E-state index is 12.1. The van der Waals surface area contributed by atoms with Crippen molar-refractivity contribution in [2.24, 2.45) is 0 Å². The Morgan fingerprint density at radius 2 is 1.08 bits per heavy atom. The third-order valence-corrected chi connectivity index (χ3v) is 4.36. The van der Waals surface area contributed by atoms with Gasteiger partial charge in [-0.25, -0.2) is 9.59 Å². The fraction of sp³-hybridized carbons (Fsp3) is 0.889. The Kier molecular flexibility index (Phi) is 11.8. The van der Waals surface area contributed by atoms with Crippen LogP contribution in [0.15, 0.2) is 0 Å². The molecule has 0 aromatic heterocycles. The lowest BCUT2D eigenvalue weighted by atomic mass is 9.95. The van der Waals surface area contributed by atoms with E-state index >= 15 is 0 Å². The van der Waals surface area contributed by atoms with Gasteiger partial charge in [0.15, 0.2) is 11.2 Å². The van der Waals surface area contributed by atoms with E-state index in [2.05, 4.69) is 4.74 Å². The first-order valence-electron chi connectivity index (χ1n) is 9.22. The zero-order valence-electron chi connectivity index (χ0n) is 15.5. The molecule has 0 aliphatic heterocycles. The Labute approximate surface area is 150 Å². The maximum atomic E-state index is 12.1. The van der Waals surface area contributed by atoms with E-state index in [4.69, 9.17) is 0 Å². The van der Waals surface area contributed by atoms with Gasteiger partial charge in [0.1, 0.15) is 0 Å². The number of rotatable bonds is 14. The third kappa shape index (κ3) is 8.27. The molecule has 0 aromatic rings. The Morgan fingerprint density at radius 3 is 1.36 bits per heavy atom. The van der Waals surface area contributed by atoms with E-state index in [1.54, 1.807) is 0 Å². The number of unbranched alkanes of at least 4 members (excludes halogenated alkanes) is 6. The first-order valence-corrected chi connectivity index (χ1v) is 9.22. The minimum absolute atomic E-state index is 0.0380. The van der Waals surface area contributed by atoms with Crippen LogP contribution >= 0.6 is 0 Å². The highest BCUT2D eigenvalue weighted by atomic mass is 16.6. The highest BCUT2D eigenvalue weighted by Crippen LogP contribution is 2.21. The van der Waals surface area contributed by atoms with Gasteiger partial charge in [-0.05, 0) is 25.7 Å². The first kappa shape index (κ1) is 24.0. The molecule has 0 heterocycles. The first-order chi connectivity index (χ1) is 11.8. The molecule has 4 N–H and O–H groups in total. The lowest BCUT2D eigenvalue weighted by Gasteiger charge is -2.27. The fourth-order valence-corrected chi connectivity index (χ4v) is 2.45. The van der Waals surface area contributed by atoms with Crippen LogP contribution < -0.4 is 0 Å². The minimum Gasteiger partial charge on any atom is -0.393 e. The van der Waals surface area contributed by atoms with Gasteiger partial charge in [0.25, 0.3) is 0 Å². The van der Waals surface area contributed by atoms with E-state index < -0.39 is 36.4 Å². The number of aliphatic hydroxyl groups is 4. The van der Waals surface area contributed by atoms with Crippen molar-refractivity contribution in [3.8, 4) is 0 Å². The molecule has 0 radical (unpaired) electrons. The maximum Gasteiger partial charge on any atom is 0.348 e. The summed E-state index contributed by atoms with van der Waals surface area (Å²) >= 11 is 0. The molecule has 2 unspecified atom stereocenters. The van der Waals surface area contributed by atoms with Crippen LogP contribution in [0, 0.1) is 0 Å². The van der Waals surface area contributed by atoms with Crippen LogP contribution in [-0.4, -0.2) is 56.8 Å². The Bertz CT molecular complexity index is 363. The van der Waals surface area contributed by atoms with Gasteiger partial charge in [-0.2, -0.15) is 0 Å². The average molecular weight is 362 g/mol. The second kappa shape index (κ2) is 12.4. The summed E-state index contributed by atoms with van der Waals surface area (Å²) in [6.07, 6.45) is 6.27. The molecule has 0 rings (SSSR count). The molecule has 0 amide bonds. The van der Waals surface area contributed by atoms with Gasteiger partial charge in [-0.3, -0.25) is 0 Å². The van der Waals surface area contributed by atoms with Crippen LogP contribution in [0.25, 0.3) is 0 Å². The number of hydrogen-bond acceptors (Lipinski definition) is 7. The fourth-order valence-electron chi connectivity index (χ4n) is 2.45. The lowest BCUT2D eigenvalue weighted by Crippen LogP contribution is -2.50. The molecule has 0 aliphatic carbocycles. The predicted molar refractivity (Wildman–Crippen MR) is 92.7 cm³/mol. The summed E-state index contributed by atoms with van der Waals surface area (Å²) in [4.78, 5) is 24.1. The number of esters is 2. The Balaban J connectivity index is 4.70. The number of aliphatic hydroxyl groups excluding tert-OH is 2. The SMILES string of the molecule is CCCCCCC(O)(CO)C(=O)OC(=O)C(O)(CO)CCCCCC. The zero-order valence-corrected chi connectivity index (χ0v) is 15.5. The largest absolute Gasteiger partial charge is 0.393 e. The molecular weight excluding hydrogens is 328 g/mol. The van der Waals surface area contributed by atoms with Crippen molar-refractivity contribution in [3.05, 3.63) is 0 Å². The summed E-state index contributed by atoms with van der Waals surface area (Å²) in [7, 11) is 0. The van der Waals surface area contributed by atoms with Gasteiger partial charge in [0.2, 0.25) is 0 Å². The normalized spacial score (nSPS) is 16.1. The number of carbonyl (C=O) groups is 2. The van der Waals surface area contributed by atoms with Crippen LogP contribution in [-0.2, 0) is 14.3 Å². The second-order valence-corrected chi connectivity index (χ2v) is 6.68. The molecule has 7 heteroatoms. The van der Waals surface area contributed by atoms with E-state index in [0.29, 0.717) is 12.8 Å². The molecule has 0 saturated heterocycles. The molecule has 0 spiro atoms. The topological polar surface area (TPSA) is 124 Å². The van der Waals surface area contributed by atoms with E-state index in [-0.39, 0.29) is 12.8 Å². The summed E-state index contributed by atoms with van der Waals surface area (Å²) in [5, 5.41) is 39.0. The van der Waals surface area contributed by atoms with Crippen molar-refractivity contribution in [1.82, 2.24) is 0 Å². The molecule has 7 nitrogen and oxygen atoms in total. The van der Waals surface area contributed by atoms with Crippen LogP contribution in [0.3, 0.4) is 0 Å². The number of hydrogen-bond donors (Lipinski definition) is 4. The molecule has 0 aromatic carbocycles. The molecule has 2 atom stereocenters. The van der Waals surface area contributed by atoms with E-state index in [9.17, 15) is 30.0 Å². The molecule has 0 aliphatic rings. The highest BCUT2D eigenvalue weighted by molar-refractivity contribution is 5.94. The van der Waals surface area contributed by atoms with Crippen LogP contribution in [0.4, 0.5) is 0 Å². The van der Waals surface area contributed by atoms with Crippen molar-refractivity contribution >= 4 is 11.9 Å². The summed E-state index contributed by atoms with van der Waals surface area (Å²) < 4.78 is 4.58. The Morgan fingerprint density at radius 1 is 0.720 bits per heavy atom. The monoisotopic (exact) mass is 362 g/mol. The third-order valence-electron chi connectivity index (χ3n) is 4.36. The zero-order chi connectivity index (χ0) is 19.3.